The normalized spacial score (nSPS) is 23.0. The number of ether oxygens (including phenoxy) is 1. The predicted molar refractivity (Wildman–Crippen MR) is 82.9 cm³/mol. The highest BCUT2D eigenvalue weighted by atomic mass is 19.1. The molecule has 2 amide bonds. The van der Waals surface area contributed by atoms with Crippen molar-refractivity contribution >= 4 is 11.8 Å². The number of rotatable bonds is 3. The molecule has 2 saturated heterocycles. The molecule has 0 bridgehead atoms. The molecule has 0 spiro atoms. The van der Waals surface area contributed by atoms with Gasteiger partial charge in [-0.2, -0.15) is 0 Å². The minimum Gasteiger partial charge on any atom is -0.364 e. The van der Waals surface area contributed by atoms with Gasteiger partial charge in [-0.1, -0.05) is 17.3 Å². The van der Waals surface area contributed by atoms with Crippen LogP contribution >= 0.6 is 0 Å². The van der Waals surface area contributed by atoms with Crippen LogP contribution in [-0.4, -0.2) is 58.6 Å². The predicted octanol–water partition coefficient (Wildman–Crippen LogP) is 1.07. The lowest BCUT2D eigenvalue weighted by molar-refractivity contribution is -0.153. The first kappa shape index (κ1) is 15.8. The second-order valence-electron chi connectivity index (χ2n) is 6.15. The van der Waals surface area contributed by atoms with Crippen LogP contribution < -0.4 is 0 Å². The fourth-order valence-electron chi connectivity index (χ4n) is 3.31. The molecule has 2 fully saturated rings. The molecule has 7 nitrogen and oxygen atoms in total. The van der Waals surface area contributed by atoms with Crippen LogP contribution in [0.2, 0.25) is 0 Å². The molecule has 130 valence electrons. The maximum Gasteiger partial charge on any atom is 0.292 e. The minimum absolute atomic E-state index is 0.0211. The van der Waals surface area contributed by atoms with Crippen molar-refractivity contribution in [1.29, 1.82) is 0 Å². The van der Waals surface area contributed by atoms with E-state index in [1.165, 1.54) is 24.4 Å². The first-order valence-electron chi connectivity index (χ1n) is 7.97. The van der Waals surface area contributed by atoms with Gasteiger partial charge in [-0.3, -0.25) is 9.59 Å². The smallest absolute Gasteiger partial charge is 0.292 e. The minimum atomic E-state index is -0.320. The van der Waals surface area contributed by atoms with Gasteiger partial charge in [-0.05, 0) is 17.7 Å². The number of halogens is 1. The molecule has 8 heteroatoms. The van der Waals surface area contributed by atoms with Crippen molar-refractivity contribution in [3.63, 3.8) is 0 Å². The van der Waals surface area contributed by atoms with E-state index in [0.717, 1.165) is 5.56 Å². The van der Waals surface area contributed by atoms with E-state index in [4.69, 9.17) is 9.26 Å². The Bertz CT molecular complexity index is 778. The Balaban J connectivity index is 1.51. The van der Waals surface area contributed by atoms with E-state index in [-0.39, 0.29) is 42.1 Å². The molecule has 2 unspecified atom stereocenters. The Morgan fingerprint density at radius 3 is 2.76 bits per heavy atom. The second kappa shape index (κ2) is 6.29. The van der Waals surface area contributed by atoms with Gasteiger partial charge in [-0.15, -0.1) is 0 Å². The first-order valence-corrected chi connectivity index (χ1v) is 7.97. The van der Waals surface area contributed by atoms with Gasteiger partial charge in [0.25, 0.3) is 5.91 Å². The largest absolute Gasteiger partial charge is 0.364 e. The van der Waals surface area contributed by atoms with E-state index in [1.807, 2.05) is 0 Å². The van der Waals surface area contributed by atoms with Crippen LogP contribution in [0, 0.1) is 5.82 Å². The van der Waals surface area contributed by atoms with Crippen molar-refractivity contribution < 1.29 is 23.2 Å². The molecular weight excluding hydrogens is 329 g/mol. The molecule has 2 aliphatic rings. The van der Waals surface area contributed by atoms with Gasteiger partial charge in [-0.25, -0.2) is 4.39 Å². The Morgan fingerprint density at radius 2 is 2.04 bits per heavy atom. The van der Waals surface area contributed by atoms with Crippen molar-refractivity contribution in [3.05, 3.63) is 53.7 Å². The standard InChI is InChI=1S/C17H16FN3O4/c18-12-3-1-11(2-4-12)7-21-13-8-20(9-15(13)24-10-16(21)22)17(23)14-5-6-19-25-14/h1-6,13,15H,7-10H2. The number of hydrogen-bond donors (Lipinski definition) is 0. The van der Waals surface area contributed by atoms with Crippen LogP contribution in [0.15, 0.2) is 41.1 Å². The van der Waals surface area contributed by atoms with Crippen molar-refractivity contribution in [2.45, 2.75) is 18.7 Å². The summed E-state index contributed by atoms with van der Waals surface area (Å²) in [6.07, 6.45) is 1.17. The maximum atomic E-state index is 13.1. The Labute approximate surface area is 142 Å². The molecule has 3 heterocycles. The topological polar surface area (TPSA) is 75.9 Å². The maximum absolute atomic E-state index is 13.1. The zero-order chi connectivity index (χ0) is 17.4. The van der Waals surface area contributed by atoms with Crippen LogP contribution in [0.25, 0.3) is 0 Å². The molecule has 0 radical (unpaired) electrons. The third kappa shape index (κ3) is 3.00. The van der Waals surface area contributed by atoms with Crippen molar-refractivity contribution in [1.82, 2.24) is 15.0 Å². The van der Waals surface area contributed by atoms with Crippen molar-refractivity contribution in [3.8, 4) is 0 Å². The quantitative estimate of drug-likeness (QED) is 0.832. The summed E-state index contributed by atoms with van der Waals surface area (Å²) in [6, 6.07) is 7.31. The van der Waals surface area contributed by atoms with Crippen LogP contribution in [0.1, 0.15) is 16.1 Å². The Hall–Kier alpha value is -2.74. The summed E-state index contributed by atoms with van der Waals surface area (Å²) in [7, 11) is 0. The zero-order valence-corrected chi connectivity index (χ0v) is 13.3. The average Bonchev–Trinajstić information content (AvgIpc) is 3.28. The summed E-state index contributed by atoms with van der Waals surface area (Å²) in [4.78, 5) is 28.0. The summed E-state index contributed by atoms with van der Waals surface area (Å²) in [5.41, 5.74) is 0.829. The molecule has 0 saturated carbocycles. The molecular formula is C17H16FN3O4. The highest BCUT2D eigenvalue weighted by Crippen LogP contribution is 2.26. The number of morpholine rings is 1. The fraction of sp³-hybridized carbons (Fsp3) is 0.353. The number of amides is 2. The summed E-state index contributed by atoms with van der Waals surface area (Å²) in [5.74, 6) is -0.570. The van der Waals surface area contributed by atoms with Gasteiger partial charge in [0.05, 0.1) is 18.3 Å². The number of nitrogens with zero attached hydrogens (tertiary/aromatic N) is 3. The highest BCUT2D eigenvalue weighted by molar-refractivity contribution is 5.91. The SMILES string of the molecule is O=C(c1ccno1)N1CC2OCC(=O)N(Cc3ccc(F)cc3)C2C1. The monoisotopic (exact) mass is 345 g/mol. The molecule has 25 heavy (non-hydrogen) atoms. The van der Waals surface area contributed by atoms with Crippen LogP contribution in [0.5, 0.6) is 0 Å². The number of carbonyl (C=O) groups excluding carboxylic acids is 2. The number of aromatic nitrogens is 1. The van der Waals surface area contributed by atoms with E-state index < -0.39 is 0 Å². The number of benzene rings is 1. The third-order valence-electron chi connectivity index (χ3n) is 4.58. The highest BCUT2D eigenvalue weighted by Gasteiger charge is 2.45. The van der Waals surface area contributed by atoms with E-state index in [1.54, 1.807) is 21.9 Å². The third-order valence-corrected chi connectivity index (χ3v) is 4.58. The molecule has 2 atom stereocenters. The molecule has 0 N–H and O–H groups in total. The van der Waals surface area contributed by atoms with Crippen molar-refractivity contribution in [2.75, 3.05) is 19.7 Å². The number of hydrogen-bond acceptors (Lipinski definition) is 5. The van der Waals surface area contributed by atoms with E-state index in [0.29, 0.717) is 19.6 Å². The molecule has 2 aromatic rings. The van der Waals surface area contributed by atoms with Gasteiger partial charge in [0.1, 0.15) is 12.4 Å². The Kier molecular flexibility index (Phi) is 3.96. The summed E-state index contributed by atoms with van der Waals surface area (Å²) in [6.45, 7) is 1.08. The van der Waals surface area contributed by atoms with E-state index >= 15 is 0 Å². The summed E-state index contributed by atoms with van der Waals surface area (Å²) in [5, 5.41) is 3.55. The first-order chi connectivity index (χ1) is 12.1. The van der Waals surface area contributed by atoms with Crippen LogP contribution in [0.4, 0.5) is 4.39 Å². The van der Waals surface area contributed by atoms with Crippen LogP contribution in [0.3, 0.4) is 0 Å². The number of likely N-dealkylation sites (tertiary alicyclic amines) is 1. The van der Waals surface area contributed by atoms with Gasteiger partial charge in [0, 0.05) is 25.7 Å². The number of fused-ring (bicyclic) bond motifs is 1. The van der Waals surface area contributed by atoms with E-state index in [9.17, 15) is 14.0 Å². The van der Waals surface area contributed by atoms with Crippen LogP contribution in [-0.2, 0) is 16.1 Å². The lowest BCUT2D eigenvalue weighted by atomic mass is 10.1. The molecule has 4 rings (SSSR count). The molecule has 1 aromatic carbocycles. The van der Waals surface area contributed by atoms with Gasteiger partial charge < -0.3 is 19.1 Å². The van der Waals surface area contributed by atoms with Gasteiger partial charge >= 0.3 is 0 Å². The summed E-state index contributed by atoms with van der Waals surface area (Å²) >= 11 is 0. The Morgan fingerprint density at radius 1 is 1.24 bits per heavy atom. The van der Waals surface area contributed by atoms with Crippen molar-refractivity contribution in [2.24, 2.45) is 0 Å². The van der Waals surface area contributed by atoms with Gasteiger partial charge in [0.15, 0.2) is 0 Å². The molecule has 2 aliphatic heterocycles. The molecule has 0 aliphatic carbocycles. The van der Waals surface area contributed by atoms with E-state index in [2.05, 4.69) is 5.16 Å². The number of carbonyl (C=O) groups is 2. The summed E-state index contributed by atoms with van der Waals surface area (Å²) < 4.78 is 23.6. The second-order valence-corrected chi connectivity index (χ2v) is 6.15. The lowest BCUT2D eigenvalue weighted by Crippen LogP contribution is -2.53. The fourth-order valence-corrected chi connectivity index (χ4v) is 3.31. The lowest BCUT2D eigenvalue weighted by Gasteiger charge is -2.36. The average molecular weight is 345 g/mol. The van der Waals surface area contributed by atoms with Gasteiger partial charge in [0.2, 0.25) is 11.7 Å². The molecule has 1 aromatic heterocycles. The zero-order valence-electron chi connectivity index (χ0n) is 13.3.